The number of hydrogen-bond acceptors (Lipinski definition) is 6. The summed E-state index contributed by atoms with van der Waals surface area (Å²) in [5, 5.41) is 0. The summed E-state index contributed by atoms with van der Waals surface area (Å²) in [6.45, 7) is 4.66. The maximum absolute atomic E-state index is 12.3. The zero-order chi connectivity index (χ0) is 19.2. The standard InChI is InChI=1S/C20H22N6O/c1-3-26(16-7-5-4-6-8-16)19-17(21)18(22-13-23-19)24-25-20(27)15-11-9-14(2)10-12-15/h4-13H,3,21H2,1-2H3,(H,25,27)(H,22,23,24). The van der Waals surface area contributed by atoms with Crippen molar-refractivity contribution in [2.75, 3.05) is 22.6 Å². The smallest absolute Gasteiger partial charge is 0.269 e. The van der Waals surface area contributed by atoms with Crippen LogP contribution in [0.2, 0.25) is 0 Å². The number of carbonyl (C=O) groups is 1. The first kappa shape index (κ1) is 18.2. The van der Waals surface area contributed by atoms with E-state index in [4.69, 9.17) is 5.73 Å². The van der Waals surface area contributed by atoms with E-state index in [2.05, 4.69) is 20.8 Å². The summed E-state index contributed by atoms with van der Waals surface area (Å²) in [6.07, 6.45) is 1.41. The molecule has 0 saturated heterocycles. The number of hydrogen-bond donors (Lipinski definition) is 3. The Balaban J connectivity index is 1.78. The van der Waals surface area contributed by atoms with E-state index in [0.29, 0.717) is 29.4 Å². The molecule has 7 nitrogen and oxygen atoms in total. The lowest BCUT2D eigenvalue weighted by molar-refractivity contribution is 0.0962. The van der Waals surface area contributed by atoms with Gasteiger partial charge in [0.15, 0.2) is 11.6 Å². The van der Waals surface area contributed by atoms with Crippen LogP contribution in [0, 0.1) is 6.92 Å². The lowest BCUT2D eigenvalue weighted by Crippen LogP contribution is -2.30. The average molecular weight is 362 g/mol. The third kappa shape index (κ3) is 4.14. The van der Waals surface area contributed by atoms with Crippen molar-refractivity contribution in [2.24, 2.45) is 0 Å². The number of aryl methyl sites for hydroxylation is 1. The fourth-order valence-corrected chi connectivity index (χ4v) is 2.66. The van der Waals surface area contributed by atoms with Crippen LogP contribution >= 0.6 is 0 Å². The second kappa shape index (κ2) is 8.18. The van der Waals surface area contributed by atoms with Crippen molar-refractivity contribution in [1.82, 2.24) is 15.4 Å². The molecular weight excluding hydrogens is 340 g/mol. The fraction of sp³-hybridized carbons (Fsp3) is 0.150. The quantitative estimate of drug-likeness (QED) is 0.582. The van der Waals surface area contributed by atoms with Crippen molar-refractivity contribution < 1.29 is 4.79 Å². The largest absolute Gasteiger partial charge is 0.393 e. The number of rotatable bonds is 6. The van der Waals surface area contributed by atoms with Crippen LogP contribution in [0.25, 0.3) is 0 Å². The van der Waals surface area contributed by atoms with Gasteiger partial charge in [-0.25, -0.2) is 9.97 Å². The molecule has 1 amide bonds. The lowest BCUT2D eigenvalue weighted by Gasteiger charge is -2.24. The summed E-state index contributed by atoms with van der Waals surface area (Å²) < 4.78 is 0. The van der Waals surface area contributed by atoms with Gasteiger partial charge in [-0.2, -0.15) is 0 Å². The van der Waals surface area contributed by atoms with Crippen LogP contribution in [0.3, 0.4) is 0 Å². The molecule has 4 N–H and O–H groups in total. The van der Waals surface area contributed by atoms with Gasteiger partial charge in [0.05, 0.1) is 0 Å². The summed E-state index contributed by atoms with van der Waals surface area (Å²) in [6, 6.07) is 17.1. The van der Waals surface area contributed by atoms with Crippen LogP contribution in [0.1, 0.15) is 22.8 Å². The Bertz CT molecular complexity index is 912. The molecule has 0 radical (unpaired) electrons. The molecule has 138 valence electrons. The third-order valence-electron chi connectivity index (χ3n) is 4.11. The van der Waals surface area contributed by atoms with Crippen LogP contribution in [0.5, 0.6) is 0 Å². The van der Waals surface area contributed by atoms with Gasteiger partial charge in [-0.05, 0) is 38.1 Å². The summed E-state index contributed by atoms with van der Waals surface area (Å²) in [4.78, 5) is 22.7. The number of amides is 1. The number of nitrogen functional groups attached to an aromatic ring is 1. The molecule has 0 bridgehead atoms. The summed E-state index contributed by atoms with van der Waals surface area (Å²) >= 11 is 0. The number of anilines is 4. The van der Waals surface area contributed by atoms with E-state index in [-0.39, 0.29) is 5.91 Å². The number of carbonyl (C=O) groups excluding carboxylic acids is 1. The number of para-hydroxylation sites is 1. The Morgan fingerprint density at radius 2 is 1.78 bits per heavy atom. The maximum Gasteiger partial charge on any atom is 0.269 e. The highest BCUT2D eigenvalue weighted by molar-refractivity contribution is 5.95. The van der Waals surface area contributed by atoms with Crippen molar-refractivity contribution in [2.45, 2.75) is 13.8 Å². The van der Waals surface area contributed by atoms with Crippen molar-refractivity contribution in [3.63, 3.8) is 0 Å². The summed E-state index contributed by atoms with van der Waals surface area (Å²) in [5.41, 5.74) is 14.6. The SMILES string of the molecule is CCN(c1ccccc1)c1ncnc(NNC(=O)c2ccc(C)cc2)c1N. The first-order valence-electron chi connectivity index (χ1n) is 8.66. The number of nitrogens with one attached hydrogen (secondary N) is 2. The Kier molecular flexibility index (Phi) is 5.51. The molecule has 2 aromatic carbocycles. The number of benzene rings is 2. The van der Waals surface area contributed by atoms with Crippen molar-refractivity contribution in [1.29, 1.82) is 0 Å². The van der Waals surface area contributed by atoms with Gasteiger partial charge in [-0.3, -0.25) is 15.6 Å². The second-order valence-corrected chi connectivity index (χ2v) is 5.98. The summed E-state index contributed by atoms with van der Waals surface area (Å²) in [5.74, 6) is 0.644. The minimum Gasteiger partial charge on any atom is -0.393 e. The van der Waals surface area contributed by atoms with Gasteiger partial charge >= 0.3 is 0 Å². The molecule has 3 rings (SSSR count). The number of hydrazine groups is 1. The van der Waals surface area contributed by atoms with Gasteiger partial charge in [0, 0.05) is 17.8 Å². The maximum atomic E-state index is 12.3. The van der Waals surface area contributed by atoms with Crippen molar-refractivity contribution >= 4 is 28.9 Å². The Hall–Kier alpha value is -3.61. The van der Waals surface area contributed by atoms with Crippen LogP contribution in [-0.4, -0.2) is 22.4 Å². The molecule has 0 fully saturated rings. The van der Waals surface area contributed by atoms with E-state index in [1.807, 2.05) is 61.2 Å². The van der Waals surface area contributed by atoms with Gasteiger partial charge in [0.1, 0.15) is 12.0 Å². The number of nitrogens with two attached hydrogens (primary N) is 1. The third-order valence-corrected chi connectivity index (χ3v) is 4.11. The molecule has 0 aliphatic heterocycles. The topological polar surface area (TPSA) is 96.2 Å². The molecule has 0 spiro atoms. The van der Waals surface area contributed by atoms with Crippen LogP contribution in [0.15, 0.2) is 60.9 Å². The normalized spacial score (nSPS) is 10.3. The first-order valence-corrected chi connectivity index (χ1v) is 8.66. The fourth-order valence-electron chi connectivity index (χ4n) is 2.66. The zero-order valence-electron chi connectivity index (χ0n) is 15.3. The molecule has 3 aromatic rings. The van der Waals surface area contributed by atoms with Gasteiger partial charge in [0.2, 0.25) is 0 Å². The predicted octanol–water partition coefficient (Wildman–Crippen LogP) is 3.28. The van der Waals surface area contributed by atoms with E-state index in [1.54, 1.807) is 12.1 Å². The lowest BCUT2D eigenvalue weighted by atomic mass is 10.1. The van der Waals surface area contributed by atoms with E-state index in [1.165, 1.54) is 6.33 Å². The van der Waals surface area contributed by atoms with Gasteiger partial charge in [-0.1, -0.05) is 35.9 Å². The molecule has 0 saturated carbocycles. The summed E-state index contributed by atoms with van der Waals surface area (Å²) in [7, 11) is 0. The molecular formula is C20H22N6O. The van der Waals surface area contributed by atoms with E-state index >= 15 is 0 Å². The number of aromatic nitrogens is 2. The Morgan fingerprint density at radius 1 is 1.07 bits per heavy atom. The first-order chi connectivity index (χ1) is 13.1. The zero-order valence-corrected chi connectivity index (χ0v) is 15.3. The highest BCUT2D eigenvalue weighted by atomic mass is 16.2. The minimum atomic E-state index is -0.273. The molecule has 1 aromatic heterocycles. The second-order valence-electron chi connectivity index (χ2n) is 5.98. The van der Waals surface area contributed by atoms with Crippen molar-refractivity contribution in [3.8, 4) is 0 Å². The molecule has 0 unspecified atom stereocenters. The molecule has 27 heavy (non-hydrogen) atoms. The molecule has 0 atom stereocenters. The highest BCUT2D eigenvalue weighted by Crippen LogP contribution is 2.31. The van der Waals surface area contributed by atoms with Crippen LogP contribution in [-0.2, 0) is 0 Å². The number of nitrogens with zero attached hydrogens (tertiary/aromatic N) is 3. The van der Waals surface area contributed by atoms with Crippen LogP contribution < -0.4 is 21.5 Å². The molecule has 0 aliphatic carbocycles. The van der Waals surface area contributed by atoms with Gasteiger partial charge in [0.25, 0.3) is 5.91 Å². The Morgan fingerprint density at radius 3 is 2.44 bits per heavy atom. The average Bonchev–Trinajstić information content (AvgIpc) is 2.70. The minimum absolute atomic E-state index is 0.273. The van der Waals surface area contributed by atoms with E-state index < -0.39 is 0 Å². The predicted molar refractivity (Wildman–Crippen MR) is 108 cm³/mol. The van der Waals surface area contributed by atoms with E-state index in [0.717, 1.165) is 11.3 Å². The van der Waals surface area contributed by atoms with Crippen molar-refractivity contribution in [3.05, 3.63) is 72.1 Å². The molecule has 0 aliphatic rings. The van der Waals surface area contributed by atoms with E-state index in [9.17, 15) is 4.79 Å². The molecule has 1 heterocycles. The van der Waals surface area contributed by atoms with Crippen LogP contribution in [0.4, 0.5) is 23.0 Å². The van der Waals surface area contributed by atoms with Gasteiger partial charge < -0.3 is 10.6 Å². The monoisotopic (exact) mass is 362 g/mol. The molecule has 7 heteroatoms. The van der Waals surface area contributed by atoms with Gasteiger partial charge in [-0.15, -0.1) is 0 Å². The Labute approximate surface area is 158 Å². The highest BCUT2D eigenvalue weighted by Gasteiger charge is 2.16.